The minimum absolute atomic E-state index is 0.0935. The molecule has 112 valence electrons. The van der Waals surface area contributed by atoms with E-state index in [9.17, 15) is 9.59 Å². The van der Waals surface area contributed by atoms with Crippen LogP contribution in [-0.4, -0.2) is 39.0 Å². The van der Waals surface area contributed by atoms with Crippen LogP contribution in [0.5, 0.6) is 0 Å². The van der Waals surface area contributed by atoms with Gasteiger partial charge in [-0.3, -0.25) is 4.79 Å². The van der Waals surface area contributed by atoms with Gasteiger partial charge in [0.25, 0.3) is 0 Å². The third-order valence-corrected chi connectivity index (χ3v) is 3.13. The Morgan fingerprint density at radius 1 is 1.50 bits per heavy atom. The molecule has 0 saturated carbocycles. The first kappa shape index (κ1) is 16.2. The summed E-state index contributed by atoms with van der Waals surface area (Å²) in [5, 5.41) is 11.6. The van der Waals surface area contributed by atoms with Crippen molar-refractivity contribution >= 4 is 11.9 Å². The van der Waals surface area contributed by atoms with Gasteiger partial charge in [-0.1, -0.05) is 20.8 Å². The number of hydrogen-bond acceptors (Lipinski definition) is 4. The largest absolute Gasteiger partial charge is 0.480 e. The standard InChI is InChI=1S/C13H22N4O3/c1-13(2,3)10(14)5-11(18)17-9(12(19)20)4-8-6-15-7-16-8/h6-7,9-10H,4-5,14H2,1-3H3,(H,15,16)(H,17,18)(H,19,20)/t9-,10?/m0/s1. The lowest BCUT2D eigenvalue weighted by atomic mass is 9.85. The molecule has 0 bridgehead atoms. The highest BCUT2D eigenvalue weighted by atomic mass is 16.4. The first-order valence-corrected chi connectivity index (χ1v) is 6.45. The molecule has 5 N–H and O–H groups in total. The molecule has 7 nitrogen and oxygen atoms in total. The first-order valence-electron chi connectivity index (χ1n) is 6.45. The Bertz CT molecular complexity index is 451. The van der Waals surface area contributed by atoms with E-state index in [1.807, 2.05) is 20.8 Å². The molecule has 0 aliphatic carbocycles. The van der Waals surface area contributed by atoms with Gasteiger partial charge in [0, 0.05) is 30.8 Å². The van der Waals surface area contributed by atoms with Crippen molar-refractivity contribution in [2.24, 2.45) is 11.1 Å². The maximum atomic E-state index is 11.9. The summed E-state index contributed by atoms with van der Waals surface area (Å²) in [5.41, 5.74) is 6.36. The van der Waals surface area contributed by atoms with Crippen LogP contribution in [0.15, 0.2) is 12.5 Å². The second-order valence-corrected chi connectivity index (χ2v) is 5.92. The molecule has 0 fully saturated rings. The zero-order chi connectivity index (χ0) is 15.3. The van der Waals surface area contributed by atoms with Crippen LogP contribution in [0.1, 0.15) is 32.9 Å². The van der Waals surface area contributed by atoms with Crippen molar-refractivity contribution in [1.82, 2.24) is 15.3 Å². The van der Waals surface area contributed by atoms with E-state index >= 15 is 0 Å². The number of carbonyl (C=O) groups excluding carboxylic acids is 1. The predicted molar refractivity (Wildman–Crippen MR) is 73.9 cm³/mol. The molecule has 1 heterocycles. The fourth-order valence-corrected chi connectivity index (χ4v) is 1.58. The molecule has 1 aromatic rings. The molecule has 7 heteroatoms. The van der Waals surface area contributed by atoms with Crippen LogP contribution in [0.4, 0.5) is 0 Å². The van der Waals surface area contributed by atoms with Crippen molar-refractivity contribution in [1.29, 1.82) is 0 Å². The number of carboxylic acid groups (broad SMARTS) is 1. The molecule has 1 amide bonds. The number of amides is 1. The molecule has 0 aliphatic heterocycles. The fourth-order valence-electron chi connectivity index (χ4n) is 1.58. The van der Waals surface area contributed by atoms with Gasteiger partial charge in [0.1, 0.15) is 6.04 Å². The Hall–Kier alpha value is -1.89. The summed E-state index contributed by atoms with van der Waals surface area (Å²) in [6, 6.07) is -1.32. The van der Waals surface area contributed by atoms with Gasteiger partial charge in [0.2, 0.25) is 5.91 Å². The van der Waals surface area contributed by atoms with Crippen LogP contribution in [0.3, 0.4) is 0 Å². The Balaban J connectivity index is 2.58. The molecular weight excluding hydrogens is 260 g/mol. The third-order valence-electron chi connectivity index (χ3n) is 3.13. The quantitative estimate of drug-likeness (QED) is 0.597. The molecule has 20 heavy (non-hydrogen) atoms. The van der Waals surface area contributed by atoms with E-state index in [1.54, 1.807) is 0 Å². The Morgan fingerprint density at radius 3 is 2.60 bits per heavy atom. The van der Waals surface area contributed by atoms with Crippen molar-refractivity contribution < 1.29 is 14.7 Å². The molecule has 1 rings (SSSR count). The van der Waals surface area contributed by atoms with Crippen LogP contribution in [0.25, 0.3) is 0 Å². The number of aliphatic carboxylic acids is 1. The van der Waals surface area contributed by atoms with Crippen molar-refractivity contribution in [3.05, 3.63) is 18.2 Å². The van der Waals surface area contributed by atoms with Gasteiger partial charge in [-0.15, -0.1) is 0 Å². The monoisotopic (exact) mass is 282 g/mol. The van der Waals surface area contributed by atoms with Gasteiger partial charge >= 0.3 is 5.97 Å². The highest BCUT2D eigenvalue weighted by Crippen LogP contribution is 2.19. The molecule has 0 spiro atoms. The van der Waals surface area contributed by atoms with Gasteiger partial charge in [-0.25, -0.2) is 9.78 Å². The fraction of sp³-hybridized carbons (Fsp3) is 0.615. The zero-order valence-corrected chi connectivity index (χ0v) is 12.0. The number of carboxylic acids is 1. The SMILES string of the molecule is CC(C)(C)C(N)CC(=O)N[C@@H](Cc1cnc[nH]1)C(=O)O. The smallest absolute Gasteiger partial charge is 0.326 e. The Morgan fingerprint density at radius 2 is 2.15 bits per heavy atom. The van der Waals surface area contributed by atoms with Crippen LogP contribution in [0, 0.1) is 5.41 Å². The van der Waals surface area contributed by atoms with Gasteiger partial charge in [0.05, 0.1) is 6.33 Å². The number of aromatic amines is 1. The highest BCUT2D eigenvalue weighted by Gasteiger charge is 2.26. The normalized spacial score (nSPS) is 14.6. The van der Waals surface area contributed by atoms with Crippen LogP contribution >= 0.6 is 0 Å². The topological polar surface area (TPSA) is 121 Å². The van der Waals surface area contributed by atoms with E-state index in [-0.39, 0.29) is 30.2 Å². The average Bonchev–Trinajstić information content (AvgIpc) is 2.79. The van der Waals surface area contributed by atoms with E-state index in [0.717, 1.165) is 0 Å². The summed E-state index contributed by atoms with van der Waals surface area (Å²) >= 11 is 0. The van der Waals surface area contributed by atoms with Crippen LogP contribution in [-0.2, 0) is 16.0 Å². The number of rotatable bonds is 6. The molecule has 1 aromatic heterocycles. The molecule has 0 aromatic carbocycles. The summed E-state index contributed by atoms with van der Waals surface area (Å²) in [6.45, 7) is 5.80. The first-order chi connectivity index (χ1) is 9.20. The maximum absolute atomic E-state index is 11.9. The lowest BCUT2D eigenvalue weighted by molar-refractivity contribution is -0.141. The number of hydrogen-bond donors (Lipinski definition) is 4. The summed E-state index contributed by atoms with van der Waals surface area (Å²) in [7, 11) is 0. The summed E-state index contributed by atoms with van der Waals surface area (Å²) < 4.78 is 0. The predicted octanol–water partition coefficient (Wildman–Crippen LogP) is 0.285. The second kappa shape index (κ2) is 6.51. The third kappa shape index (κ3) is 5.00. The molecule has 0 saturated heterocycles. The number of nitrogens with two attached hydrogens (primary N) is 1. The lowest BCUT2D eigenvalue weighted by Crippen LogP contribution is -2.46. The number of nitrogens with zero attached hydrogens (tertiary/aromatic N) is 1. The number of imidazole rings is 1. The van der Waals surface area contributed by atoms with Crippen LogP contribution < -0.4 is 11.1 Å². The van der Waals surface area contributed by atoms with Gasteiger partial charge in [-0.2, -0.15) is 0 Å². The zero-order valence-electron chi connectivity index (χ0n) is 12.0. The molecular formula is C13H22N4O3. The Labute approximate surface area is 118 Å². The maximum Gasteiger partial charge on any atom is 0.326 e. The number of aromatic nitrogens is 2. The summed E-state index contributed by atoms with van der Waals surface area (Å²) in [6.07, 6.45) is 3.25. The van der Waals surface area contributed by atoms with Gasteiger partial charge < -0.3 is 21.1 Å². The molecule has 2 atom stereocenters. The average molecular weight is 282 g/mol. The van der Waals surface area contributed by atoms with Gasteiger partial charge in [-0.05, 0) is 5.41 Å². The van der Waals surface area contributed by atoms with E-state index < -0.39 is 12.0 Å². The number of nitrogens with one attached hydrogen (secondary N) is 2. The van der Waals surface area contributed by atoms with E-state index in [2.05, 4.69) is 15.3 Å². The van der Waals surface area contributed by atoms with Crippen molar-refractivity contribution in [3.63, 3.8) is 0 Å². The summed E-state index contributed by atoms with van der Waals surface area (Å²) in [5.74, 6) is -1.45. The van der Waals surface area contributed by atoms with E-state index in [1.165, 1.54) is 12.5 Å². The summed E-state index contributed by atoms with van der Waals surface area (Å²) in [4.78, 5) is 29.7. The van der Waals surface area contributed by atoms with E-state index in [4.69, 9.17) is 10.8 Å². The number of H-pyrrole nitrogens is 1. The van der Waals surface area contributed by atoms with Crippen molar-refractivity contribution in [2.45, 2.75) is 45.7 Å². The highest BCUT2D eigenvalue weighted by molar-refractivity contribution is 5.84. The molecule has 0 aliphatic rings. The minimum Gasteiger partial charge on any atom is -0.480 e. The molecule has 1 unspecified atom stereocenters. The minimum atomic E-state index is -1.09. The van der Waals surface area contributed by atoms with Gasteiger partial charge in [0.15, 0.2) is 0 Å². The second-order valence-electron chi connectivity index (χ2n) is 5.92. The number of carbonyl (C=O) groups is 2. The van der Waals surface area contributed by atoms with E-state index in [0.29, 0.717) is 5.69 Å². The van der Waals surface area contributed by atoms with Crippen molar-refractivity contribution in [2.75, 3.05) is 0 Å². The Kier molecular flexibility index (Phi) is 5.26. The van der Waals surface area contributed by atoms with Crippen LogP contribution in [0.2, 0.25) is 0 Å². The molecule has 0 radical (unpaired) electrons. The van der Waals surface area contributed by atoms with Crippen molar-refractivity contribution in [3.8, 4) is 0 Å². The lowest BCUT2D eigenvalue weighted by Gasteiger charge is -2.27.